The molecule has 1 saturated carbocycles. The first-order valence-electron chi connectivity index (χ1n) is 7.29. The standard InChI is InChI=1S/C15H29NO2/c1-5-16(10-11-17)14(18)12-6-8-13(9-7-12)15(2,3)4/h12-13,17H,5-11H2,1-4H3. The van der Waals surface area contributed by atoms with Crippen LogP contribution < -0.4 is 0 Å². The number of amides is 1. The molecule has 1 fully saturated rings. The molecule has 0 radical (unpaired) electrons. The van der Waals surface area contributed by atoms with Gasteiger partial charge in [-0.2, -0.15) is 0 Å². The smallest absolute Gasteiger partial charge is 0.225 e. The molecule has 0 spiro atoms. The molecule has 0 saturated heterocycles. The third kappa shape index (κ3) is 3.98. The molecular weight excluding hydrogens is 226 g/mol. The monoisotopic (exact) mass is 255 g/mol. The van der Waals surface area contributed by atoms with E-state index >= 15 is 0 Å². The number of hydrogen-bond acceptors (Lipinski definition) is 2. The van der Waals surface area contributed by atoms with Crippen molar-refractivity contribution in [3.8, 4) is 0 Å². The number of carbonyl (C=O) groups is 1. The lowest BCUT2D eigenvalue weighted by Crippen LogP contribution is -2.40. The second-order valence-corrected chi connectivity index (χ2v) is 6.56. The third-order valence-corrected chi connectivity index (χ3v) is 4.36. The molecule has 0 atom stereocenters. The van der Waals surface area contributed by atoms with Gasteiger partial charge in [0.05, 0.1) is 6.61 Å². The van der Waals surface area contributed by atoms with Gasteiger partial charge in [0.25, 0.3) is 0 Å². The fourth-order valence-corrected chi connectivity index (χ4v) is 3.01. The minimum absolute atomic E-state index is 0.0664. The van der Waals surface area contributed by atoms with Crippen LogP contribution in [0.25, 0.3) is 0 Å². The van der Waals surface area contributed by atoms with Crippen molar-refractivity contribution in [2.45, 2.75) is 53.4 Å². The first-order valence-corrected chi connectivity index (χ1v) is 7.29. The zero-order chi connectivity index (χ0) is 13.8. The van der Waals surface area contributed by atoms with Crippen LogP contribution in [0.15, 0.2) is 0 Å². The highest BCUT2D eigenvalue weighted by Gasteiger charge is 2.33. The lowest BCUT2D eigenvalue weighted by molar-refractivity contribution is -0.137. The minimum atomic E-state index is 0.0664. The van der Waals surface area contributed by atoms with E-state index in [4.69, 9.17) is 5.11 Å². The van der Waals surface area contributed by atoms with Crippen LogP contribution in [0.4, 0.5) is 0 Å². The van der Waals surface area contributed by atoms with Crippen molar-refractivity contribution in [1.29, 1.82) is 0 Å². The van der Waals surface area contributed by atoms with E-state index in [1.54, 1.807) is 4.90 Å². The van der Waals surface area contributed by atoms with Gasteiger partial charge in [0.2, 0.25) is 5.91 Å². The van der Waals surface area contributed by atoms with Crippen LogP contribution in [-0.4, -0.2) is 35.6 Å². The Morgan fingerprint density at radius 3 is 2.17 bits per heavy atom. The fourth-order valence-electron chi connectivity index (χ4n) is 3.01. The van der Waals surface area contributed by atoms with Gasteiger partial charge in [0.15, 0.2) is 0 Å². The van der Waals surface area contributed by atoms with E-state index in [1.165, 1.54) is 0 Å². The molecule has 3 heteroatoms. The van der Waals surface area contributed by atoms with E-state index in [9.17, 15) is 4.79 Å². The van der Waals surface area contributed by atoms with E-state index in [0.29, 0.717) is 18.5 Å². The van der Waals surface area contributed by atoms with Gasteiger partial charge in [-0.3, -0.25) is 4.79 Å². The Bertz CT molecular complexity index is 262. The summed E-state index contributed by atoms with van der Waals surface area (Å²) in [5.74, 6) is 1.18. The van der Waals surface area contributed by atoms with Gasteiger partial charge in [-0.05, 0) is 43.9 Å². The minimum Gasteiger partial charge on any atom is -0.395 e. The predicted octanol–water partition coefficient (Wildman–Crippen LogP) is 2.68. The Labute approximate surface area is 112 Å². The SMILES string of the molecule is CCN(CCO)C(=O)C1CCC(C(C)(C)C)CC1. The van der Waals surface area contributed by atoms with Gasteiger partial charge in [0.1, 0.15) is 0 Å². The molecule has 0 aromatic heterocycles. The summed E-state index contributed by atoms with van der Waals surface area (Å²) in [5.41, 5.74) is 0.365. The van der Waals surface area contributed by atoms with Crippen LogP contribution in [0.5, 0.6) is 0 Å². The van der Waals surface area contributed by atoms with Crippen molar-refractivity contribution in [1.82, 2.24) is 4.90 Å². The fraction of sp³-hybridized carbons (Fsp3) is 0.933. The average molecular weight is 255 g/mol. The van der Waals surface area contributed by atoms with Crippen molar-refractivity contribution >= 4 is 5.91 Å². The summed E-state index contributed by atoms with van der Waals surface area (Å²) in [4.78, 5) is 14.1. The maximum Gasteiger partial charge on any atom is 0.225 e. The first kappa shape index (κ1) is 15.5. The quantitative estimate of drug-likeness (QED) is 0.839. The molecule has 18 heavy (non-hydrogen) atoms. The number of hydrogen-bond donors (Lipinski definition) is 1. The summed E-state index contributed by atoms with van der Waals surface area (Å²) in [6.07, 6.45) is 4.36. The van der Waals surface area contributed by atoms with Gasteiger partial charge >= 0.3 is 0 Å². The van der Waals surface area contributed by atoms with Gasteiger partial charge in [-0.1, -0.05) is 20.8 Å². The Morgan fingerprint density at radius 1 is 1.22 bits per heavy atom. The highest BCUT2D eigenvalue weighted by atomic mass is 16.3. The molecule has 0 aromatic rings. The number of nitrogens with zero attached hydrogens (tertiary/aromatic N) is 1. The maximum absolute atomic E-state index is 12.3. The molecule has 0 bridgehead atoms. The van der Waals surface area contributed by atoms with Gasteiger partial charge in [-0.15, -0.1) is 0 Å². The largest absolute Gasteiger partial charge is 0.395 e. The summed E-state index contributed by atoms with van der Waals surface area (Å²) in [6, 6.07) is 0. The van der Waals surface area contributed by atoms with Crippen LogP contribution in [0, 0.1) is 17.3 Å². The maximum atomic E-state index is 12.3. The van der Waals surface area contributed by atoms with Crippen molar-refractivity contribution in [3.63, 3.8) is 0 Å². The normalized spacial score (nSPS) is 24.9. The summed E-state index contributed by atoms with van der Waals surface area (Å²) >= 11 is 0. The topological polar surface area (TPSA) is 40.5 Å². The van der Waals surface area contributed by atoms with Crippen molar-refractivity contribution in [3.05, 3.63) is 0 Å². The van der Waals surface area contributed by atoms with Crippen LogP contribution in [-0.2, 0) is 4.79 Å². The molecule has 1 N–H and O–H groups in total. The summed E-state index contributed by atoms with van der Waals surface area (Å²) in [7, 11) is 0. The Kier molecular flexibility index (Phi) is 5.64. The molecule has 1 amide bonds. The molecule has 0 aromatic carbocycles. The molecule has 1 aliphatic carbocycles. The van der Waals surface area contributed by atoms with Crippen LogP contribution in [0.3, 0.4) is 0 Å². The third-order valence-electron chi connectivity index (χ3n) is 4.36. The van der Waals surface area contributed by atoms with E-state index < -0.39 is 0 Å². The molecule has 0 unspecified atom stereocenters. The summed E-state index contributed by atoms with van der Waals surface area (Å²) < 4.78 is 0. The van der Waals surface area contributed by atoms with Crippen LogP contribution >= 0.6 is 0 Å². The van der Waals surface area contributed by atoms with Crippen molar-refractivity contribution in [2.24, 2.45) is 17.3 Å². The molecule has 1 rings (SSSR count). The first-order chi connectivity index (χ1) is 8.40. The van der Waals surface area contributed by atoms with Crippen molar-refractivity contribution in [2.75, 3.05) is 19.7 Å². The zero-order valence-corrected chi connectivity index (χ0v) is 12.4. The van der Waals surface area contributed by atoms with E-state index in [0.717, 1.165) is 31.6 Å². The molecular formula is C15H29NO2. The Hall–Kier alpha value is -0.570. The van der Waals surface area contributed by atoms with E-state index in [-0.39, 0.29) is 18.4 Å². The van der Waals surface area contributed by atoms with E-state index in [1.807, 2.05) is 6.92 Å². The van der Waals surface area contributed by atoms with Crippen LogP contribution in [0.2, 0.25) is 0 Å². The molecule has 106 valence electrons. The zero-order valence-electron chi connectivity index (χ0n) is 12.4. The second kappa shape index (κ2) is 6.55. The van der Waals surface area contributed by atoms with Crippen LogP contribution in [0.1, 0.15) is 53.4 Å². The van der Waals surface area contributed by atoms with E-state index in [2.05, 4.69) is 20.8 Å². The molecule has 0 aliphatic heterocycles. The predicted molar refractivity (Wildman–Crippen MR) is 74.2 cm³/mol. The summed E-state index contributed by atoms with van der Waals surface area (Å²) in [6.45, 7) is 10.1. The molecule has 0 heterocycles. The van der Waals surface area contributed by atoms with Gasteiger partial charge in [0, 0.05) is 19.0 Å². The average Bonchev–Trinajstić information content (AvgIpc) is 2.34. The molecule has 1 aliphatic rings. The Balaban J connectivity index is 2.49. The lowest BCUT2D eigenvalue weighted by Gasteiger charge is -2.37. The number of rotatable bonds is 4. The van der Waals surface area contributed by atoms with Gasteiger partial charge < -0.3 is 10.0 Å². The number of likely N-dealkylation sites (N-methyl/N-ethyl adjacent to an activating group) is 1. The number of carbonyl (C=O) groups excluding carboxylic acids is 1. The summed E-state index contributed by atoms with van der Waals surface area (Å²) in [5, 5.41) is 8.97. The highest BCUT2D eigenvalue weighted by molar-refractivity contribution is 5.78. The Morgan fingerprint density at radius 2 is 1.78 bits per heavy atom. The van der Waals surface area contributed by atoms with Crippen molar-refractivity contribution < 1.29 is 9.90 Å². The number of aliphatic hydroxyl groups is 1. The molecule has 3 nitrogen and oxygen atoms in total. The van der Waals surface area contributed by atoms with Gasteiger partial charge in [-0.25, -0.2) is 0 Å². The number of aliphatic hydroxyl groups excluding tert-OH is 1. The highest BCUT2D eigenvalue weighted by Crippen LogP contribution is 2.40. The second-order valence-electron chi connectivity index (χ2n) is 6.56. The lowest BCUT2D eigenvalue weighted by atomic mass is 9.69.